The lowest BCUT2D eigenvalue weighted by atomic mass is 10.3. The molecule has 0 spiro atoms. The Bertz CT molecular complexity index is 656. The molecule has 5 nitrogen and oxygen atoms in total. The van der Waals surface area contributed by atoms with Crippen molar-refractivity contribution < 1.29 is 4.42 Å². The van der Waals surface area contributed by atoms with Gasteiger partial charge in [0.15, 0.2) is 0 Å². The number of furan rings is 1. The zero-order valence-electron chi connectivity index (χ0n) is 11.3. The molecule has 0 saturated carbocycles. The van der Waals surface area contributed by atoms with Crippen LogP contribution in [0.25, 0.3) is 5.82 Å². The summed E-state index contributed by atoms with van der Waals surface area (Å²) in [4.78, 5) is 8.39. The van der Waals surface area contributed by atoms with Crippen LogP contribution in [0.2, 0.25) is 0 Å². The number of hydrogen-bond acceptors (Lipinski definition) is 4. The number of aromatic nitrogens is 3. The van der Waals surface area contributed by atoms with Gasteiger partial charge in [0.2, 0.25) is 0 Å². The molecule has 0 saturated heterocycles. The summed E-state index contributed by atoms with van der Waals surface area (Å²) in [5.41, 5.74) is 0.961. The number of pyridine rings is 1. The Hall–Kier alpha value is -2.56. The number of imidazole rings is 1. The van der Waals surface area contributed by atoms with Gasteiger partial charge in [-0.3, -0.25) is 4.57 Å². The van der Waals surface area contributed by atoms with Crippen LogP contribution in [0.4, 0.5) is 5.69 Å². The summed E-state index contributed by atoms with van der Waals surface area (Å²) in [5.74, 6) is 2.79. The molecule has 20 heavy (non-hydrogen) atoms. The normalized spacial score (nSPS) is 10.7. The van der Waals surface area contributed by atoms with Crippen LogP contribution in [0.1, 0.15) is 18.4 Å². The van der Waals surface area contributed by atoms with Gasteiger partial charge in [0.1, 0.15) is 23.7 Å². The van der Waals surface area contributed by atoms with Crippen LogP contribution in [-0.2, 0) is 13.0 Å². The van der Waals surface area contributed by atoms with Gasteiger partial charge in [0.25, 0.3) is 0 Å². The number of rotatable bonds is 5. The predicted molar refractivity (Wildman–Crippen MR) is 76.8 cm³/mol. The first-order chi connectivity index (χ1) is 9.85. The van der Waals surface area contributed by atoms with Crippen LogP contribution in [0.3, 0.4) is 0 Å². The molecule has 0 atom stereocenters. The highest BCUT2D eigenvalue weighted by Crippen LogP contribution is 2.13. The molecular weight excluding hydrogens is 252 g/mol. The molecule has 3 rings (SSSR count). The Balaban J connectivity index is 1.63. The van der Waals surface area contributed by atoms with E-state index in [9.17, 15) is 0 Å². The molecule has 3 heterocycles. The van der Waals surface area contributed by atoms with Crippen molar-refractivity contribution in [3.05, 3.63) is 60.7 Å². The van der Waals surface area contributed by atoms with Crippen LogP contribution in [0.5, 0.6) is 0 Å². The molecule has 0 unspecified atom stereocenters. The van der Waals surface area contributed by atoms with Crippen molar-refractivity contribution >= 4 is 5.69 Å². The largest absolute Gasteiger partial charge is 0.464 e. The van der Waals surface area contributed by atoms with Crippen LogP contribution < -0.4 is 5.32 Å². The highest BCUT2D eigenvalue weighted by atomic mass is 16.3. The van der Waals surface area contributed by atoms with Crippen LogP contribution in [0.15, 0.2) is 53.6 Å². The van der Waals surface area contributed by atoms with E-state index in [0.29, 0.717) is 6.54 Å². The van der Waals surface area contributed by atoms with Crippen molar-refractivity contribution in [3.8, 4) is 5.82 Å². The van der Waals surface area contributed by atoms with Crippen molar-refractivity contribution in [2.24, 2.45) is 0 Å². The third-order valence-corrected chi connectivity index (χ3v) is 3.05. The van der Waals surface area contributed by atoms with E-state index in [2.05, 4.69) is 22.2 Å². The minimum atomic E-state index is 0.659. The van der Waals surface area contributed by atoms with Crippen molar-refractivity contribution in [1.82, 2.24) is 14.5 Å². The Morgan fingerprint density at radius 3 is 2.75 bits per heavy atom. The lowest BCUT2D eigenvalue weighted by Crippen LogP contribution is -2.00. The topological polar surface area (TPSA) is 55.9 Å². The maximum Gasteiger partial charge on any atom is 0.137 e. The Morgan fingerprint density at radius 2 is 2.10 bits per heavy atom. The fourth-order valence-corrected chi connectivity index (χ4v) is 1.93. The smallest absolute Gasteiger partial charge is 0.137 e. The number of aryl methyl sites for hydroxylation is 1. The zero-order valence-corrected chi connectivity index (χ0v) is 11.3. The van der Waals surface area contributed by atoms with Gasteiger partial charge in [-0.2, -0.15) is 0 Å². The molecule has 3 aromatic rings. The number of nitrogens with one attached hydrogen (secondary N) is 1. The summed E-state index contributed by atoms with van der Waals surface area (Å²) in [5, 5.41) is 3.29. The fraction of sp³-hybridized carbons (Fsp3) is 0.200. The third kappa shape index (κ3) is 2.71. The third-order valence-electron chi connectivity index (χ3n) is 3.05. The second-order valence-corrected chi connectivity index (χ2v) is 4.45. The first kappa shape index (κ1) is 12.5. The number of nitrogens with zero attached hydrogens (tertiary/aromatic N) is 3. The first-order valence-electron chi connectivity index (χ1n) is 6.61. The average molecular weight is 268 g/mol. The van der Waals surface area contributed by atoms with Gasteiger partial charge in [0, 0.05) is 18.8 Å². The molecule has 0 aliphatic heterocycles. The highest BCUT2D eigenvalue weighted by molar-refractivity contribution is 5.43. The van der Waals surface area contributed by atoms with Crippen molar-refractivity contribution in [3.63, 3.8) is 0 Å². The average Bonchev–Trinajstić information content (AvgIpc) is 3.17. The zero-order chi connectivity index (χ0) is 13.8. The van der Waals surface area contributed by atoms with Crippen molar-refractivity contribution in [1.29, 1.82) is 0 Å². The molecule has 0 amide bonds. The van der Waals surface area contributed by atoms with Gasteiger partial charge in [-0.1, -0.05) is 6.92 Å². The van der Waals surface area contributed by atoms with Crippen LogP contribution in [0, 0.1) is 0 Å². The van der Waals surface area contributed by atoms with E-state index in [1.54, 1.807) is 18.7 Å². The molecule has 5 heteroatoms. The number of hydrogen-bond donors (Lipinski definition) is 1. The lowest BCUT2D eigenvalue weighted by molar-refractivity contribution is 0.476. The van der Waals surface area contributed by atoms with E-state index in [1.807, 2.05) is 35.0 Å². The number of anilines is 1. The van der Waals surface area contributed by atoms with Gasteiger partial charge in [-0.15, -0.1) is 0 Å². The second-order valence-electron chi connectivity index (χ2n) is 4.45. The summed E-state index contributed by atoms with van der Waals surface area (Å²) in [7, 11) is 0. The van der Waals surface area contributed by atoms with Crippen molar-refractivity contribution in [2.75, 3.05) is 5.32 Å². The van der Waals surface area contributed by atoms with Gasteiger partial charge >= 0.3 is 0 Å². The predicted octanol–water partition coefficient (Wildman–Crippen LogP) is 3.03. The minimum absolute atomic E-state index is 0.659. The van der Waals surface area contributed by atoms with E-state index >= 15 is 0 Å². The molecule has 1 N–H and O–H groups in total. The molecule has 3 aromatic heterocycles. The molecule has 0 aromatic carbocycles. The van der Waals surface area contributed by atoms with Gasteiger partial charge < -0.3 is 9.73 Å². The first-order valence-corrected chi connectivity index (χ1v) is 6.61. The lowest BCUT2D eigenvalue weighted by Gasteiger charge is -2.05. The second kappa shape index (κ2) is 5.61. The van der Waals surface area contributed by atoms with Crippen LogP contribution >= 0.6 is 0 Å². The Kier molecular flexibility index (Phi) is 3.50. The summed E-state index contributed by atoms with van der Waals surface area (Å²) in [6.07, 6.45) is 8.05. The molecular formula is C15H16N4O. The summed E-state index contributed by atoms with van der Waals surface area (Å²) < 4.78 is 7.51. The standard InChI is InChI=1S/C15H16N4O/c1-2-13-4-5-14(20-13)10-17-12-3-6-15(18-9-12)19-8-7-16-11-19/h3-9,11,17H,2,10H2,1H3. The monoisotopic (exact) mass is 268 g/mol. The summed E-state index contributed by atoms with van der Waals surface area (Å²) in [6.45, 7) is 2.74. The van der Waals surface area contributed by atoms with Gasteiger partial charge in [-0.25, -0.2) is 9.97 Å². The Labute approximate surface area is 117 Å². The summed E-state index contributed by atoms with van der Waals surface area (Å²) >= 11 is 0. The summed E-state index contributed by atoms with van der Waals surface area (Å²) in [6, 6.07) is 7.95. The molecule has 0 aliphatic rings. The molecule has 0 radical (unpaired) electrons. The van der Waals surface area contributed by atoms with E-state index in [0.717, 1.165) is 29.4 Å². The van der Waals surface area contributed by atoms with E-state index < -0.39 is 0 Å². The maximum absolute atomic E-state index is 5.64. The highest BCUT2D eigenvalue weighted by Gasteiger charge is 2.01. The Morgan fingerprint density at radius 1 is 1.20 bits per heavy atom. The van der Waals surface area contributed by atoms with E-state index in [1.165, 1.54) is 0 Å². The maximum atomic E-state index is 5.64. The van der Waals surface area contributed by atoms with E-state index in [-0.39, 0.29) is 0 Å². The van der Waals surface area contributed by atoms with Gasteiger partial charge in [0.05, 0.1) is 18.4 Å². The minimum Gasteiger partial charge on any atom is -0.464 e. The SMILES string of the molecule is CCc1ccc(CNc2ccc(-n3ccnc3)nc2)o1. The van der Waals surface area contributed by atoms with E-state index in [4.69, 9.17) is 4.42 Å². The molecule has 102 valence electrons. The molecule has 0 aliphatic carbocycles. The quantitative estimate of drug-likeness (QED) is 0.772. The fourth-order valence-electron chi connectivity index (χ4n) is 1.93. The molecule has 0 fully saturated rings. The van der Waals surface area contributed by atoms with Gasteiger partial charge in [-0.05, 0) is 24.3 Å². The van der Waals surface area contributed by atoms with Crippen LogP contribution in [-0.4, -0.2) is 14.5 Å². The van der Waals surface area contributed by atoms with Crippen molar-refractivity contribution in [2.45, 2.75) is 19.9 Å². The molecule has 0 bridgehead atoms.